The highest BCUT2D eigenvalue weighted by atomic mass is 16.5. The smallest absolute Gasteiger partial charge is 0.311 e. The van der Waals surface area contributed by atoms with Gasteiger partial charge in [-0.15, -0.1) is 0 Å². The van der Waals surface area contributed by atoms with Crippen molar-refractivity contribution in [1.82, 2.24) is 0 Å². The largest absolute Gasteiger partial charge is 0.461 e. The average molecular weight is 240 g/mol. The Morgan fingerprint density at radius 1 is 1.29 bits per heavy atom. The summed E-state index contributed by atoms with van der Waals surface area (Å²) in [6.45, 7) is 7.92. The van der Waals surface area contributed by atoms with E-state index in [0.29, 0.717) is 6.61 Å². The van der Waals surface area contributed by atoms with Gasteiger partial charge in [0.15, 0.2) is 0 Å². The summed E-state index contributed by atoms with van der Waals surface area (Å²) >= 11 is 0. The van der Waals surface area contributed by atoms with Gasteiger partial charge in [0.2, 0.25) is 0 Å². The number of allylic oxidation sites excluding steroid dienone is 2. The van der Waals surface area contributed by atoms with Crippen LogP contribution in [-0.2, 0) is 9.53 Å². The topological polar surface area (TPSA) is 46.5 Å². The quantitative estimate of drug-likeness (QED) is 0.573. The van der Waals surface area contributed by atoms with Gasteiger partial charge in [-0.1, -0.05) is 23.8 Å². The fourth-order valence-corrected chi connectivity index (χ4v) is 1.10. The molecule has 0 aromatic heterocycles. The molecule has 0 aliphatic carbocycles. The number of rotatable bonds is 6. The summed E-state index contributed by atoms with van der Waals surface area (Å²) in [6.07, 6.45) is 7.47. The number of carbonyl (C=O) groups is 1. The van der Waals surface area contributed by atoms with E-state index in [9.17, 15) is 4.79 Å². The predicted molar refractivity (Wildman–Crippen MR) is 69.6 cm³/mol. The summed E-state index contributed by atoms with van der Waals surface area (Å²) in [5.41, 5.74) is 0.734. The number of carbonyl (C=O) groups excluding carboxylic acids is 1. The normalized spacial score (nSPS) is 13.1. The summed E-state index contributed by atoms with van der Waals surface area (Å²) in [5, 5.41) is 8.66. The first kappa shape index (κ1) is 15.9. The molecule has 0 heterocycles. The molecule has 3 heteroatoms. The molecule has 0 aromatic rings. The first-order valence-corrected chi connectivity index (χ1v) is 5.96. The first-order valence-electron chi connectivity index (χ1n) is 5.96. The van der Waals surface area contributed by atoms with Crippen molar-refractivity contribution in [1.29, 1.82) is 0 Å². The van der Waals surface area contributed by atoms with Gasteiger partial charge < -0.3 is 9.84 Å². The molecule has 1 N–H and O–H groups in total. The van der Waals surface area contributed by atoms with Crippen molar-refractivity contribution in [2.45, 2.75) is 40.5 Å². The van der Waals surface area contributed by atoms with Gasteiger partial charge in [0.25, 0.3) is 0 Å². The van der Waals surface area contributed by atoms with Gasteiger partial charge in [0.05, 0.1) is 12.0 Å². The Morgan fingerprint density at radius 3 is 2.47 bits per heavy atom. The maximum Gasteiger partial charge on any atom is 0.311 e. The standard InChI is InChI=1S/C14H24O3/c1-12(9-10-15)8-6-5-7-11-17-13(16)14(2,3)4/h5,7,9,15H,6,8,10-11H2,1-4H3/b7-5+,12-9+. The second-order valence-electron chi connectivity index (χ2n) is 5.09. The van der Waals surface area contributed by atoms with Crippen LogP contribution in [0.5, 0.6) is 0 Å². The first-order chi connectivity index (χ1) is 7.88. The lowest BCUT2D eigenvalue weighted by Gasteiger charge is -2.15. The minimum atomic E-state index is -0.436. The highest BCUT2D eigenvalue weighted by molar-refractivity contribution is 5.75. The van der Waals surface area contributed by atoms with E-state index in [4.69, 9.17) is 9.84 Å². The van der Waals surface area contributed by atoms with Crippen LogP contribution >= 0.6 is 0 Å². The zero-order chi connectivity index (χ0) is 13.3. The van der Waals surface area contributed by atoms with Crippen LogP contribution in [0.2, 0.25) is 0 Å². The molecule has 0 rings (SSSR count). The molecule has 0 spiro atoms. The SMILES string of the molecule is C/C(=C\CO)CC/C=C/COC(=O)C(C)(C)C. The second-order valence-corrected chi connectivity index (χ2v) is 5.09. The molecule has 0 amide bonds. The van der Waals surface area contributed by atoms with Crippen molar-refractivity contribution in [3.05, 3.63) is 23.8 Å². The van der Waals surface area contributed by atoms with Crippen molar-refractivity contribution >= 4 is 5.97 Å². The molecular formula is C14H24O3. The van der Waals surface area contributed by atoms with Gasteiger partial charge >= 0.3 is 5.97 Å². The zero-order valence-electron chi connectivity index (χ0n) is 11.3. The van der Waals surface area contributed by atoms with Crippen LogP contribution < -0.4 is 0 Å². The molecule has 0 fully saturated rings. The Hall–Kier alpha value is -1.09. The maximum absolute atomic E-state index is 11.4. The Bertz CT molecular complexity index is 282. The van der Waals surface area contributed by atoms with E-state index in [1.54, 1.807) is 6.08 Å². The van der Waals surface area contributed by atoms with Crippen LogP contribution in [-0.4, -0.2) is 24.3 Å². The van der Waals surface area contributed by atoms with E-state index < -0.39 is 5.41 Å². The van der Waals surface area contributed by atoms with Crippen molar-refractivity contribution in [2.24, 2.45) is 5.41 Å². The van der Waals surface area contributed by atoms with Crippen molar-refractivity contribution in [2.75, 3.05) is 13.2 Å². The van der Waals surface area contributed by atoms with Gasteiger partial charge in [-0.2, -0.15) is 0 Å². The molecule has 0 aliphatic heterocycles. The average Bonchev–Trinajstić information content (AvgIpc) is 2.21. The molecule has 0 bridgehead atoms. The van der Waals surface area contributed by atoms with Gasteiger partial charge in [0.1, 0.15) is 6.61 Å². The van der Waals surface area contributed by atoms with Crippen LogP contribution in [0.4, 0.5) is 0 Å². The fourth-order valence-electron chi connectivity index (χ4n) is 1.10. The molecule has 98 valence electrons. The Morgan fingerprint density at radius 2 is 1.94 bits per heavy atom. The lowest BCUT2D eigenvalue weighted by molar-refractivity contribution is -0.151. The third-order valence-corrected chi connectivity index (χ3v) is 2.23. The Labute approximate surface area is 104 Å². The number of esters is 1. The summed E-state index contributed by atoms with van der Waals surface area (Å²) in [7, 11) is 0. The van der Waals surface area contributed by atoms with Gasteiger partial charge in [-0.05, 0) is 40.5 Å². The molecule has 0 aliphatic rings. The molecule has 0 atom stereocenters. The van der Waals surface area contributed by atoms with Gasteiger partial charge in [-0.3, -0.25) is 4.79 Å². The second kappa shape index (κ2) is 8.07. The van der Waals surface area contributed by atoms with Crippen LogP contribution in [0, 0.1) is 5.41 Å². The highest BCUT2D eigenvalue weighted by Gasteiger charge is 2.22. The van der Waals surface area contributed by atoms with Crippen LogP contribution in [0.1, 0.15) is 40.5 Å². The summed E-state index contributed by atoms with van der Waals surface area (Å²) in [5.74, 6) is -0.182. The molecule has 0 unspecified atom stereocenters. The lowest BCUT2D eigenvalue weighted by atomic mass is 9.97. The Kier molecular flexibility index (Phi) is 7.55. The molecule has 3 nitrogen and oxygen atoms in total. The van der Waals surface area contributed by atoms with Gasteiger partial charge in [0, 0.05) is 0 Å². The van der Waals surface area contributed by atoms with Crippen molar-refractivity contribution in [3.63, 3.8) is 0 Å². The Balaban J connectivity index is 3.70. The highest BCUT2D eigenvalue weighted by Crippen LogP contribution is 2.14. The van der Waals surface area contributed by atoms with E-state index >= 15 is 0 Å². The molecule has 0 saturated carbocycles. The van der Waals surface area contributed by atoms with Gasteiger partial charge in [-0.25, -0.2) is 0 Å². The third kappa shape index (κ3) is 8.69. The molecule has 17 heavy (non-hydrogen) atoms. The minimum Gasteiger partial charge on any atom is -0.461 e. The van der Waals surface area contributed by atoms with E-state index in [2.05, 4.69) is 0 Å². The maximum atomic E-state index is 11.4. The van der Waals surface area contributed by atoms with E-state index in [1.807, 2.05) is 39.8 Å². The van der Waals surface area contributed by atoms with E-state index in [1.165, 1.54) is 5.57 Å². The van der Waals surface area contributed by atoms with E-state index in [-0.39, 0.29) is 12.6 Å². The zero-order valence-corrected chi connectivity index (χ0v) is 11.3. The van der Waals surface area contributed by atoms with E-state index in [0.717, 1.165) is 12.8 Å². The summed E-state index contributed by atoms with van der Waals surface area (Å²) < 4.78 is 5.08. The number of ether oxygens (including phenoxy) is 1. The third-order valence-electron chi connectivity index (χ3n) is 2.23. The minimum absolute atomic E-state index is 0.0960. The number of hydrogen-bond donors (Lipinski definition) is 1. The number of aliphatic hydroxyl groups excluding tert-OH is 1. The van der Waals surface area contributed by atoms with Crippen molar-refractivity contribution < 1.29 is 14.6 Å². The molecule has 0 saturated heterocycles. The molecule has 0 aromatic carbocycles. The van der Waals surface area contributed by atoms with Crippen molar-refractivity contribution in [3.8, 4) is 0 Å². The molecule has 0 radical (unpaired) electrons. The van der Waals surface area contributed by atoms with Crippen LogP contribution in [0.3, 0.4) is 0 Å². The number of hydrogen-bond acceptors (Lipinski definition) is 3. The van der Waals surface area contributed by atoms with Crippen LogP contribution in [0.15, 0.2) is 23.8 Å². The number of aliphatic hydroxyl groups is 1. The van der Waals surface area contributed by atoms with Crippen LogP contribution in [0.25, 0.3) is 0 Å². The summed E-state index contributed by atoms with van der Waals surface area (Å²) in [6, 6.07) is 0. The monoisotopic (exact) mass is 240 g/mol. The predicted octanol–water partition coefficient (Wildman–Crippen LogP) is 2.85. The lowest BCUT2D eigenvalue weighted by Crippen LogP contribution is -2.22. The molecular weight excluding hydrogens is 216 g/mol. The fraction of sp³-hybridized carbons (Fsp3) is 0.643. The summed E-state index contributed by atoms with van der Waals surface area (Å²) in [4.78, 5) is 11.4.